The SMILES string of the molecule is CC(=O)O/C(=C/C(F)(F)F)C(F)(F)F. The van der Waals surface area contributed by atoms with Gasteiger partial charge >= 0.3 is 18.3 Å². The van der Waals surface area contributed by atoms with Crippen LogP contribution in [0.1, 0.15) is 6.92 Å². The van der Waals surface area contributed by atoms with Gasteiger partial charge in [-0.3, -0.25) is 4.79 Å². The summed E-state index contributed by atoms with van der Waals surface area (Å²) in [6.45, 7) is 0.565. The van der Waals surface area contributed by atoms with Crippen LogP contribution in [-0.4, -0.2) is 18.3 Å². The average molecular weight is 222 g/mol. The highest BCUT2D eigenvalue weighted by Gasteiger charge is 2.41. The molecule has 0 aliphatic carbocycles. The number of hydrogen-bond donors (Lipinski definition) is 0. The van der Waals surface area contributed by atoms with Crippen LogP contribution in [0.5, 0.6) is 0 Å². The number of alkyl halides is 6. The fraction of sp³-hybridized carbons (Fsp3) is 0.500. The minimum Gasteiger partial charge on any atom is -0.421 e. The molecule has 0 aliphatic rings. The van der Waals surface area contributed by atoms with Crippen molar-refractivity contribution in [3.63, 3.8) is 0 Å². The predicted molar refractivity (Wildman–Crippen MR) is 32.0 cm³/mol. The standard InChI is InChI=1S/C6H4F6O2/c1-3(13)14-4(6(10,11)12)2-5(7,8)9/h2H,1H3/b4-2+. The average Bonchev–Trinajstić information content (AvgIpc) is 1.78. The maximum Gasteiger partial charge on any atom is 0.449 e. The van der Waals surface area contributed by atoms with E-state index in [0.717, 1.165) is 0 Å². The second-order valence-electron chi connectivity index (χ2n) is 2.14. The Labute approximate surface area is 74.1 Å². The third kappa shape index (κ3) is 5.44. The molecule has 0 aromatic carbocycles. The Bertz CT molecular complexity index is 248. The molecule has 0 radical (unpaired) electrons. The third-order valence-electron chi connectivity index (χ3n) is 0.828. The Balaban J connectivity index is 4.93. The van der Waals surface area contributed by atoms with Crippen molar-refractivity contribution in [2.45, 2.75) is 19.3 Å². The second-order valence-corrected chi connectivity index (χ2v) is 2.14. The van der Waals surface area contributed by atoms with E-state index in [4.69, 9.17) is 0 Å². The van der Waals surface area contributed by atoms with Crippen molar-refractivity contribution in [1.82, 2.24) is 0 Å². The van der Waals surface area contributed by atoms with E-state index in [1.807, 2.05) is 0 Å². The smallest absolute Gasteiger partial charge is 0.421 e. The van der Waals surface area contributed by atoms with E-state index in [0.29, 0.717) is 6.92 Å². The Morgan fingerprint density at radius 1 is 1.14 bits per heavy atom. The molecular weight excluding hydrogens is 218 g/mol. The summed E-state index contributed by atoms with van der Waals surface area (Å²) < 4.78 is 73.2. The number of ether oxygens (including phenoxy) is 1. The van der Waals surface area contributed by atoms with Gasteiger partial charge in [0.25, 0.3) is 0 Å². The van der Waals surface area contributed by atoms with Gasteiger partial charge < -0.3 is 4.74 Å². The van der Waals surface area contributed by atoms with Crippen molar-refractivity contribution < 1.29 is 35.9 Å². The zero-order valence-corrected chi connectivity index (χ0v) is 6.66. The van der Waals surface area contributed by atoms with Crippen LogP contribution >= 0.6 is 0 Å². The van der Waals surface area contributed by atoms with Gasteiger partial charge in [0.1, 0.15) is 0 Å². The first-order valence-corrected chi connectivity index (χ1v) is 3.07. The van der Waals surface area contributed by atoms with Crippen LogP contribution in [0.15, 0.2) is 11.8 Å². The van der Waals surface area contributed by atoms with E-state index in [1.54, 1.807) is 0 Å². The highest BCUT2D eigenvalue weighted by atomic mass is 19.4. The summed E-state index contributed by atoms with van der Waals surface area (Å²) in [5.41, 5.74) is 0. The van der Waals surface area contributed by atoms with Gasteiger partial charge in [-0.15, -0.1) is 0 Å². The summed E-state index contributed by atoms with van der Waals surface area (Å²) in [7, 11) is 0. The fourth-order valence-electron chi connectivity index (χ4n) is 0.473. The second kappa shape index (κ2) is 3.89. The molecule has 0 bridgehead atoms. The van der Waals surface area contributed by atoms with E-state index in [-0.39, 0.29) is 0 Å². The lowest BCUT2D eigenvalue weighted by Crippen LogP contribution is -2.20. The minimum atomic E-state index is -5.35. The van der Waals surface area contributed by atoms with Crippen molar-refractivity contribution in [3.8, 4) is 0 Å². The molecule has 0 saturated heterocycles. The first-order chi connectivity index (χ1) is 6.02. The van der Waals surface area contributed by atoms with Gasteiger partial charge in [0.2, 0.25) is 5.76 Å². The maximum absolute atomic E-state index is 11.8. The van der Waals surface area contributed by atoms with E-state index < -0.39 is 30.2 Å². The van der Waals surface area contributed by atoms with Crippen LogP contribution in [0.25, 0.3) is 0 Å². The highest BCUT2D eigenvalue weighted by Crippen LogP contribution is 2.30. The minimum absolute atomic E-state index is 0.565. The molecule has 2 nitrogen and oxygen atoms in total. The van der Waals surface area contributed by atoms with Gasteiger partial charge in [-0.05, 0) is 0 Å². The first-order valence-electron chi connectivity index (χ1n) is 3.07. The Kier molecular flexibility index (Phi) is 3.55. The summed E-state index contributed by atoms with van der Waals surface area (Å²) in [4.78, 5) is 10.1. The molecule has 14 heavy (non-hydrogen) atoms. The zero-order valence-electron chi connectivity index (χ0n) is 6.66. The number of rotatable bonds is 1. The molecule has 82 valence electrons. The number of esters is 1. The molecule has 0 saturated carbocycles. The van der Waals surface area contributed by atoms with Gasteiger partial charge in [0.05, 0.1) is 6.08 Å². The molecule has 0 heterocycles. The van der Waals surface area contributed by atoms with Crippen molar-refractivity contribution in [2.75, 3.05) is 0 Å². The number of carbonyl (C=O) groups excluding carboxylic acids is 1. The number of halogens is 6. The Hall–Kier alpha value is -1.21. The molecule has 0 N–H and O–H groups in total. The molecule has 0 spiro atoms. The topological polar surface area (TPSA) is 26.3 Å². The molecule has 0 aliphatic heterocycles. The monoisotopic (exact) mass is 222 g/mol. The van der Waals surface area contributed by atoms with Gasteiger partial charge in [-0.2, -0.15) is 26.3 Å². The van der Waals surface area contributed by atoms with Crippen molar-refractivity contribution >= 4 is 5.97 Å². The number of allylic oxidation sites excluding steroid dienone is 2. The van der Waals surface area contributed by atoms with Crippen LogP contribution in [0.3, 0.4) is 0 Å². The molecule has 0 fully saturated rings. The molecule has 0 unspecified atom stereocenters. The normalized spacial score (nSPS) is 14.1. The summed E-state index contributed by atoms with van der Waals surface area (Å²) in [6, 6.07) is 0. The quantitative estimate of drug-likeness (QED) is 0.387. The summed E-state index contributed by atoms with van der Waals surface area (Å²) >= 11 is 0. The van der Waals surface area contributed by atoms with Gasteiger partial charge in [0, 0.05) is 6.92 Å². The van der Waals surface area contributed by atoms with Gasteiger partial charge in [-0.1, -0.05) is 0 Å². The highest BCUT2D eigenvalue weighted by molar-refractivity contribution is 5.67. The molecule has 0 aromatic rings. The van der Waals surface area contributed by atoms with Crippen molar-refractivity contribution in [1.29, 1.82) is 0 Å². The van der Waals surface area contributed by atoms with E-state index >= 15 is 0 Å². The maximum atomic E-state index is 11.8. The first kappa shape index (κ1) is 12.8. The van der Waals surface area contributed by atoms with Crippen LogP contribution in [0, 0.1) is 0 Å². The summed E-state index contributed by atoms with van der Waals surface area (Å²) in [6.07, 6.45) is -11.7. The molecular formula is C6H4F6O2. The Morgan fingerprint density at radius 2 is 1.57 bits per heavy atom. The predicted octanol–water partition coefficient (Wildman–Crippen LogP) is 2.56. The number of hydrogen-bond acceptors (Lipinski definition) is 2. The fourth-order valence-corrected chi connectivity index (χ4v) is 0.473. The van der Waals surface area contributed by atoms with E-state index in [2.05, 4.69) is 4.74 Å². The van der Waals surface area contributed by atoms with Gasteiger partial charge in [-0.25, -0.2) is 0 Å². The van der Waals surface area contributed by atoms with Crippen LogP contribution < -0.4 is 0 Å². The Morgan fingerprint density at radius 3 is 1.79 bits per heavy atom. The summed E-state index contributed by atoms with van der Waals surface area (Å²) in [5, 5.41) is 0. The number of carbonyl (C=O) groups is 1. The zero-order chi connectivity index (χ0) is 11.6. The van der Waals surface area contributed by atoms with Crippen LogP contribution in [0.2, 0.25) is 0 Å². The van der Waals surface area contributed by atoms with Crippen molar-refractivity contribution in [3.05, 3.63) is 11.8 Å². The van der Waals surface area contributed by atoms with Gasteiger partial charge in [0.15, 0.2) is 0 Å². The van der Waals surface area contributed by atoms with E-state index in [1.165, 1.54) is 0 Å². The summed E-state index contributed by atoms with van der Waals surface area (Å²) in [5.74, 6) is -3.85. The van der Waals surface area contributed by atoms with E-state index in [9.17, 15) is 31.1 Å². The molecule has 8 heteroatoms. The van der Waals surface area contributed by atoms with Crippen LogP contribution in [0.4, 0.5) is 26.3 Å². The molecule has 0 rings (SSSR count). The molecule has 0 atom stereocenters. The lowest BCUT2D eigenvalue weighted by Gasteiger charge is -2.11. The molecule has 0 aromatic heterocycles. The largest absolute Gasteiger partial charge is 0.449 e. The lowest BCUT2D eigenvalue weighted by atomic mass is 10.4. The van der Waals surface area contributed by atoms with Crippen molar-refractivity contribution in [2.24, 2.45) is 0 Å². The molecule has 0 amide bonds. The third-order valence-corrected chi connectivity index (χ3v) is 0.828. The lowest BCUT2D eigenvalue weighted by molar-refractivity contribution is -0.162. The van der Waals surface area contributed by atoms with Crippen LogP contribution in [-0.2, 0) is 9.53 Å².